The van der Waals surface area contributed by atoms with Gasteiger partial charge < -0.3 is 20.3 Å². The van der Waals surface area contributed by atoms with E-state index in [2.05, 4.69) is 14.8 Å². The average Bonchev–Trinajstić information content (AvgIpc) is 2.74. The van der Waals surface area contributed by atoms with E-state index in [1.165, 1.54) is 12.1 Å². The average molecular weight is 413 g/mol. The lowest BCUT2D eigenvalue weighted by Gasteiger charge is -2.36. The van der Waals surface area contributed by atoms with Crippen LogP contribution in [-0.2, 0) is 10.9 Å². The molecule has 2 heterocycles. The van der Waals surface area contributed by atoms with E-state index in [9.17, 15) is 13.2 Å². The van der Waals surface area contributed by atoms with Gasteiger partial charge in [0.1, 0.15) is 0 Å². The number of unbranched alkanes of at least 4 members (excludes halogenated alkanes) is 1. The van der Waals surface area contributed by atoms with Crippen molar-refractivity contribution in [3.8, 4) is 0 Å². The number of morpholine rings is 1. The van der Waals surface area contributed by atoms with Gasteiger partial charge in [-0.15, -0.1) is 0 Å². The molecule has 0 aromatic heterocycles. The van der Waals surface area contributed by atoms with E-state index >= 15 is 0 Å². The van der Waals surface area contributed by atoms with Gasteiger partial charge in [0, 0.05) is 51.5 Å². The molecular formula is C20H30F3N5O. The van der Waals surface area contributed by atoms with Gasteiger partial charge in [-0.3, -0.25) is 9.89 Å². The number of hydrogen-bond donors (Lipinski definition) is 1. The van der Waals surface area contributed by atoms with Gasteiger partial charge in [-0.25, -0.2) is 0 Å². The number of piperazine rings is 1. The molecule has 29 heavy (non-hydrogen) atoms. The minimum atomic E-state index is -4.30. The number of ether oxygens (including phenoxy) is 1. The van der Waals surface area contributed by atoms with Gasteiger partial charge >= 0.3 is 6.18 Å². The van der Waals surface area contributed by atoms with Gasteiger partial charge in [0.2, 0.25) is 0 Å². The van der Waals surface area contributed by atoms with Gasteiger partial charge in [0.05, 0.1) is 18.8 Å². The first-order valence-corrected chi connectivity index (χ1v) is 10.2. The van der Waals surface area contributed by atoms with Crippen LogP contribution < -0.4 is 10.6 Å². The first-order valence-electron chi connectivity index (χ1n) is 10.2. The Balaban J connectivity index is 1.35. The molecule has 0 atom stereocenters. The van der Waals surface area contributed by atoms with Crippen LogP contribution in [0.3, 0.4) is 0 Å². The van der Waals surface area contributed by atoms with E-state index in [4.69, 9.17) is 10.5 Å². The zero-order valence-corrected chi connectivity index (χ0v) is 16.7. The summed E-state index contributed by atoms with van der Waals surface area (Å²) in [5.74, 6) is 0.600. The standard InChI is InChI=1S/C20H30F3N5O/c21-20(22,23)17-4-3-5-18(16-17)27-10-8-26(9-11-27)7-2-1-6-25-19(24)28-12-14-29-15-13-28/h3-5,16H,1-2,6-15H2,(H2,24,25). The molecule has 0 bridgehead atoms. The fourth-order valence-corrected chi connectivity index (χ4v) is 3.64. The van der Waals surface area contributed by atoms with Gasteiger partial charge in [0.25, 0.3) is 0 Å². The van der Waals surface area contributed by atoms with Crippen LogP contribution in [0.1, 0.15) is 18.4 Å². The Hall–Kier alpha value is -2.00. The number of anilines is 1. The maximum absolute atomic E-state index is 12.9. The zero-order valence-electron chi connectivity index (χ0n) is 16.7. The summed E-state index contributed by atoms with van der Waals surface area (Å²) in [6.07, 6.45) is -2.30. The summed E-state index contributed by atoms with van der Waals surface area (Å²) >= 11 is 0. The largest absolute Gasteiger partial charge is 0.416 e. The minimum absolute atomic E-state index is 0.589. The van der Waals surface area contributed by atoms with E-state index in [0.717, 1.165) is 64.7 Å². The highest BCUT2D eigenvalue weighted by molar-refractivity contribution is 5.78. The highest BCUT2D eigenvalue weighted by Gasteiger charge is 2.31. The van der Waals surface area contributed by atoms with Crippen molar-refractivity contribution >= 4 is 11.6 Å². The van der Waals surface area contributed by atoms with Crippen molar-refractivity contribution in [3.63, 3.8) is 0 Å². The molecule has 2 saturated heterocycles. The Kier molecular flexibility index (Phi) is 7.60. The molecule has 6 nitrogen and oxygen atoms in total. The quantitative estimate of drug-likeness (QED) is 0.441. The molecule has 0 radical (unpaired) electrons. The summed E-state index contributed by atoms with van der Waals surface area (Å²) in [5, 5.41) is 0. The summed E-state index contributed by atoms with van der Waals surface area (Å²) < 4.78 is 44.0. The molecule has 2 aliphatic heterocycles. The van der Waals surface area contributed by atoms with Crippen molar-refractivity contribution in [3.05, 3.63) is 29.8 Å². The lowest BCUT2D eigenvalue weighted by Crippen LogP contribution is -2.46. The second-order valence-electron chi connectivity index (χ2n) is 7.42. The van der Waals surface area contributed by atoms with Crippen LogP contribution in [0.5, 0.6) is 0 Å². The normalized spacial score (nSPS) is 19.6. The van der Waals surface area contributed by atoms with Crippen LogP contribution in [0.4, 0.5) is 18.9 Å². The number of benzene rings is 1. The Morgan fingerprint density at radius 1 is 1.03 bits per heavy atom. The Labute approximate surface area is 170 Å². The number of guanidine groups is 1. The molecule has 0 saturated carbocycles. The fourth-order valence-electron chi connectivity index (χ4n) is 3.64. The van der Waals surface area contributed by atoms with Crippen LogP contribution in [0.25, 0.3) is 0 Å². The summed E-state index contributed by atoms with van der Waals surface area (Å²) in [7, 11) is 0. The number of rotatable bonds is 6. The van der Waals surface area contributed by atoms with Gasteiger partial charge in [-0.1, -0.05) is 6.07 Å². The molecule has 3 rings (SSSR count). The summed E-state index contributed by atoms with van der Waals surface area (Å²) in [6.45, 7) is 7.87. The van der Waals surface area contributed by atoms with Crippen molar-refractivity contribution in [1.29, 1.82) is 0 Å². The number of nitrogens with zero attached hydrogens (tertiary/aromatic N) is 4. The molecule has 0 unspecified atom stereocenters. The summed E-state index contributed by atoms with van der Waals surface area (Å²) in [5.41, 5.74) is 6.07. The molecule has 2 aliphatic rings. The van der Waals surface area contributed by atoms with Crippen molar-refractivity contribution in [2.45, 2.75) is 19.0 Å². The predicted octanol–water partition coefficient (Wildman–Crippen LogP) is 2.25. The van der Waals surface area contributed by atoms with E-state index in [1.54, 1.807) is 6.07 Å². The molecule has 2 fully saturated rings. The molecular weight excluding hydrogens is 383 g/mol. The second kappa shape index (κ2) is 10.2. The van der Waals surface area contributed by atoms with Gasteiger partial charge in [-0.2, -0.15) is 13.2 Å². The molecule has 0 spiro atoms. The summed E-state index contributed by atoms with van der Waals surface area (Å²) in [4.78, 5) is 10.9. The molecule has 9 heteroatoms. The van der Waals surface area contributed by atoms with Crippen molar-refractivity contribution in [1.82, 2.24) is 9.80 Å². The Bertz CT molecular complexity index is 668. The van der Waals surface area contributed by atoms with E-state index in [0.29, 0.717) is 31.4 Å². The van der Waals surface area contributed by atoms with Crippen molar-refractivity contribution in [2.75, 3.05) is 70.5 Å². The predicted molar refractivity (Wildman–Crippen MR) is 108 cm³/mol. The molecule has 1 aromatic rings. The van der Waals surface area contributed by atoms with Crippen molar-refractivity contribution in [2.24, 2.45) is 10.7 Å². The maximum atomic E-state index is 12.9. The third kappa shape index (κ3) is 6.50. The van der Waals surface area contributed by atoms with Crippen LogP contribution in [-0.4, -0.2) is 81.3 Å². The van der Waals surface area contributed by atoms with Gasteiger partial charge in [0.15, 0.2) is 5.96 Å². The lowest BCUT2D eigenvalue weighted by atomic mass is 10.1. The molecule has 1 aromatic carbocycles. The van der Waals surface area contributed by atoms with Crippen molar-refractivity contribution < 1.29 is 17.9 Å². The van der Waals surface area contributed by atoms with E-state index in [1.807, 2.05) is 4.90 Å². The molecule has 0 amide bonds. The van der Waals surface area contributed by atoms with Crippen LogP contribution >= 0.6 is 0 Å². The van der Waals surface area contributed by atoms with E-state index < -0.39 is 11.7 Å². The first-order chi connectivity index (χ1) is 13.9. The Morgan fingerprint density at radius 2 is 1.76 bits per heavy atom. The van der Waals surface area contributed by atoms with Crippen LogP contribution in [0.15, 0.2) is 29.3 Å². The van der Waals surface area contributed by atoms with Crippen LogP contribution in [0.2, 0.25) is 0 Å². The first kappa shape index (κ1) is 21.7. The highest BCUT2D eigenvalue weighted by atomic mass is 19.4. The topological polar surface area (TPSA) is 57.3 Å². The molecule has 2 N–H and O–H groups in total. The number of alkyl halides is 3. The Morgan fingerprint density at radius 3 is 2.45 bits per heavy atom. The number of aliphatic imine (C=N–C) groups is 1. The lowest BCUT2D eigenvalue weighted by molar-refractivity contribution is -0.137. The third-order valence-corrected chi connectivity index (χ3v) is 5.40. The number of hydrogen-bond acceptors (Lipinski definition) is 4. The highest BCUT2D eigenvalue weighted by Crippen LogP contribution is 2.31. The number of nitrogens with two attached hydrogens (primary N) is 1. The second-order valence-corrected chi connectivity index (χ2v) is 7.42. The monoisotopic (exact) mass is 413 g/mol. The van der Waals surface area contributed by atoms with Gasteiger partial charge in [-0.05, 0) is 37.6 Å². The molecule has 162 valence electrons. The smallest absolute Gasteiger partial charge is 0.378 e. The SMILES string of the molecule is NC(=NCCCCN1CCN(c2cccc(C(F)(F)F)c2)CC1)N1CCOCC1. The van der Waals surface area contributed by atoms with E-state index in [-0.39, 0.29) is 0 Å². The summed E-state index contributed by atoms with van der Waals surface area (Å²) in [6, 6.07) is 5.59. The zero-order chi connectivity index (χ0) is 20.7. The minimum Gasteiger partial charge on any atom is -0.378 e. The van der Waals surface area contributed by atoms with Crippen LogP contribution in [0, 0.1) is 0 Å². The maximum Gasteiger partial charge on any atom is 0.416 e. The fraction of sp³-hybridized carbons (Fsp3) is 0.650. The number of halogens is 3. The third-order valence-electron chi connectivity index (χ3n) is 5.40. The molecule has 0 aliphatic carbocycles.